The summed E-state index contributed by atoms with van der Waals surface area (Å²) in [7, 11) is 1.49. The molecule has 7 heteroatoms. The molecule has 142 valence electrons. The predicted octanol–water partition coefficient (Wildman–Crippen LogP) is 3.35. The highest BCUT2D eigenvalue weighted by atomic mass is 32.1. The molecule has 1 atom stereocenters. The molecule has 0 fully saturated rings. The van der Waals surface area contributed by atoms with Gasteiger partial charge >= 0.3 is 0 Å². The minimum Gasteiger partial charge on any atom is -0.496 e. The molecule has 0 bridgehead atoms. The van der Waals surface area contributed by atoms with Crippen LogP contribution < -0.4 is 20.7 Å². The van der Waals surface area contributed by atoms with Crippen LogP contribution in [0.2, 0.25) is 0 Å². The van der Waals surface area contributed by atoms with E-state index in [0.29, 0.717) is 22.6 Å². The van der Waals surface area contributed by atoms with Crippen molar-refractivity contribution in [2.75, 3.05) is 12.4 Å². The first-order valence-electron chi connectivity index (χ1n) is 8.61. The van der Waals surface area contributed by atoms with Crippen molar-refractivity contribution in [2.45, 2.75) is 26.3 Å². The van der Waals surface area contributed by atoms with E-state index in [2.05, 4.69) is 16.0 Å². The Kier molecular flexibility index (Phi) is 7.31. The molecule has 2 aromatic rings. The Bertz CT molecular complexity index is 839. The van der Waals surface area contributed by atoms with Gasteiger partial charge in [0.15, 0.2) is 5.11 Å². The van der Waals surface area contributed by atoms with Crippen LogP contribution in [0.4, 0.5) is 5.69 Å². The third-order valence-corrected chi connectivity index (χ3v) is 4.19. The number of hydrogen-bond donors (Lipinski definition) is 3. The average molecular weight is 385 g/mol. The van der Waals surface area contributed by atoms with Crippen LogP contribution in [-0.4, -0.2) is 30.1 Å². The van der Waals surface area contributed by atoms with Gasteiger partial charge in [0.05, 0.1) is 23.9 Å². The zero-order valence-electron chi connectivity index (χ0n) is 15.5. The van der Waals surface area contributed by atoms with Gasteiger partial charge in [-0.15, -0.1) is 0 Å². The van der Waals surface area contributed by atoms with E-state index in [4.69, 9.17) is 17.0 Å². The monoisotopic (exact) mass is 385 g/mol. The summed E-state index contributed by atoms with van der Waals surface area (Å²) in [6.07, 6.45) is 0.828. The van der Waals surface area contributed by atoms with E-state index in [1.807, 2.05) is 13.8 Å². The number of anilines is 1. The van der Waals surface area contributed by atoms with E-state index >= 15 is 0 Å². The summed E-state index contributed by atoms with van der Waals surface area (Å²) >= 11 is 5.23. The maximum absolute atomic E-state index is 12.4. The highest BCUT2D eigenvalue weighted by Gasteiger charge is 2.16. The van der Waals surface area contributed by atoms with Crippen molar-refractivity contribution in [3.8, 4) is 5.75 Å². The fraction of sp³-hybridized carbons (Fsp3) is 0.250. The van der Waals surface area contributed by atoms with Gasteiger partial charge in [-0.25, -0.2) is 0 Å². The molecular formula is C20H23N3O3S. The zero-order chi connectivity index (χ0) is 19.8. The van der Waals surface area contributed by atoms with Crippen LogP contribution in [0.3, 0.4) is 0 Å². The summed E-state index contributed by atoms with van der Waals surface area (Å²) in [5.74, 6) is -0.149. The molecule has 1 unspecified atom stereocenters. The molecule has 0 aliphatic carbocycles. The second-order valence-electron chi connectivity index (χ2n) is 5.94. The van der Waals surface area contributed by atoms with Gasteiger partial charge in [-0.05, 0) is 49.8 Å². The summed E-state index contributed by atoms with van der Waals surface area (Å²) in [5.41, 5.74) is 1.34. The van der Waals surface area contributed by atoms with Crippen LogP contribution in [0.25, 0.3) is 0 Å². The van der Waals surface area contributed by atoms with E-state index in [-0.39, 0.29) is 17.1 Å². The van der Waals surface area contributed by atoms with Crippen LogP contribution in [-0.2, 0) is 0 Å². The first kappa shape index (κ1) is 20.4. The summed E-state index contributed by atoms with van der Waals surface area (Å²) in [6.45, 7) is 3.93. The molecule has 0 aliphatic rings. The molecule has 3 N–H and O–H groups in total. The number of benzene rings is 2. The summed E-state index contributed by atoms with van der Waals surface area (Å²) in [4.78, 5) is 24.9. The maximum atomic E-state index is 12.4. The van der Waals surface area contributed by atoms with Crippen molar-refractivity contribution in [1.29, 1.82) is 0 Å². The van der Waals surface area contributed by atoms with Crippen LogP contribution >= 0.6 is 12.2 Å². The van der Waals surface area contributed by atoms with E-state index in [1.165, 1.54) is 7.11 Å². The van der Waals surface area contributed by atoms with Crippen LogP contribution in [0.5, 0.6) is 5.75 Å². The Balaban J connectivity index is 2.10. The van der Waals surface area contributed by atoms with Crippen LogP contribution in [0.15, 0.2) is 48.5 Å². The minimum atomic E-state index is -0.397. The Labute approximate surface area is 164 Å². The molecule has 6 nitrogen and oxygen atoms in total. The number of carbonyl (C=O) groups excluding carboxylic acids is 2. The molecule has 0 spiro atoms. The number of nitrogens with one attached hydrogen (secondary N) is 3. The highest BCUT2D eigenvalue weighted by molar-refractivity contribution is 7.80. The molecule has 0 heterocycles. The number of ether oxygens (including phenoxy) is 1. The second-order valence-corrected chi connectivity index (χ2v) is 6.35. The predicted molar refractivity (Wildman–Crippen MR) is 110 cm³/mol. The number of rotatable bonds is 6. The fourth-order valence-corrected chi connectivity index (χ4v) is 2.55. The van der Waals surface area contributed by atoms with E-state index in [1.54, 1.807) is 48.5 Å². The molecule has 0 saturated carbocycles. The number of amides is 2. The first-order chi connectivity index (χ1) is 13.0. The number of methoxy groups -OCH3 is 1. The lowest BCUT2D eigenvalue weighted by atomic mass is 10.1. The van der Waals surface area contributed by atoms with Crippen molar-refractivity contribution in [3.63, 3.8) is 0 Å². The summed E-state index contributed by atoms with van der Waals surface area (Å²) < 4.78 is 5.19. The van der Waals surface area contributed by atoms with Gasteiger partial charge in [0, 0.05) is 6.04 Å². The topological polar surface area (TPSA) is 79.5 Å². The fourth-order valence-electron chi connectivity index (χ4n) is 2.35. The normalized spacial score (nSPS) is 11.2. The number of hydrogen-bond acceptors (Lipinski definition) is 4. The molecule has 2 rings (SSSR count). The van der Waals surface area contributed by atoms with E-state index in [9.17, 15) is 9.59 Å². The zero-order valence-corrected chi connectivity index (χ0v) is 16.4. The van der Waals surface area contributed by atoms with Crippen LogP contribution in [0, 0.1) is 0 Å². The lowest BCUT2D eigenvalue weighted by Crippen LogP contribution is -2.36. The lowest BCUT2D eigenvalue weighted by Gasteiger charge is -2.16. The minimum absolute atomic E-state index is 0.0581. The quantitative estimate of drug-likeness (QED) is 0.665. The second kappa shape index (κ2) is 9.68. The largest absolute Gasteiger partial charge is 0.496 e. The standard InChI is InChI=1S/C20H23N3O3S/c1-4-13(2)21-18(24)14-9-5-7-11-16(14)22-20(27)23-19(25)15-10-6-8-12-17(15)26-3/h5-13H,4H2,1-3H3,(H,21,24)(H2,22,23,25,27). The molecule has 0 saturated heterocycles. The smallest absolute Gasteiger partial charge is 0.261 e. The average Bonchev–Trinajstić information content (AvgIpc) is 2.67. The Morgan fingerprint density at radius 3 is 2.33 bits per heavy atom. The number of carbonyl (C=O) groups is 2. The van der Waals surface area contributed by atoms with Gasteiger partial charge in [0.1, 0.15) is 5.75 Å². The van der Waals surface area contributed by atoms with Crippen molar-refractivity contribution in [2.24, 2.45) is 0 Å². The maximum Gasteiger partial charge on any atom is 0.261 e. The number of thiocarbonyl (C=S) groups is 1. The van der Waals surface area contributed by atoms with Crippen molar-refractivity contribution >= 4 is 34.8 Å². The van der Waals surface area contributed by atoms with Gasteiger partial charge in [0.25, 0.3) is 11.8 Å². The first-order valence-corrected chi connectivity index (χ1v) is 9.02. The van der Waals surface area contributed by atoms with Crippen LogP contribution in [0.1, 0.15) is 41.0 Å². The van der Waals surface area contributed by atoms with Gasteiger partial charge in [-0.3, -0.25) is 14.9 Å². The van der Waals surface area contributed by atoms with Gasteiger partial charge in [-0.1, -0.05) is 31.2 Å². The van der Waals surface area contributed by atoms with Gasteiger partial charge in [0.2, 0.25) is 0 Å². The Hall–Kier alpha value is -2.93. The third-order valence-electron chi connectivity index (χ3n) is 3.99. The van der Waals surface area contributed by atoms with Crippen molar-refractivity contribution in [3.05, 3.63) is 59.7 Å². The van der Waals surface area contributed by atoms with Crippen molar-refractivity contribution < 1.29 is 14.3 Å². The van der Waals surface area contributed by atoms with E-state index in [0.717, 1.165) is 6.42 Å². The number of para-hydroxylation sites is 2. The molecule has 2 amide bonds. The Morgan fingerprint density at radius 1 is 1.04 bits per heavy atom. The molecule has 0 aliphatic heterocycles. The van der Waals surface area contributed by atoms with E-state index < -0.39 is 5.91 Å². The van der Waals surface area contributed by atoms with Crippen molar-refractivity contribution in [1.82, 2.24) is 10.6 Å². The molecule has 0 aromatic heterocycles. The van der Waals surface area contributed by atoms with Gasteiger partial charge < -0.3 is 15.4 Å². The molecular weight excluding hydrogens is 362 g/mol. The Morgan fingerprint density at radius 2 is 1.67 bits per heavy atom. The summed E-state index contributed by atoms with van der Waals surface area (Å²) in [5, 5.41) is 8.53. The van der Waals surface area contributed by atoms with Gasteiger partial charge in [-0.2, -0.15) is 0 Å². The third kappa shape index (κ3) is 5.52. The SMILES string of the molecule is CCC(C)NC(=O)c1ccccc1NC(=S)NC(=O)c1ccccc1OC. The highest BCUT2D eigenvalue weighted by Crippen LogP contribution is 2.18. The molecule has 27 heavy (non-hydrogen) atoms. The summed E-state index contributed by atoms with van der Waals surface area (Å²) in [6, 6.07) is 13.9. The lowest BCUT2D eigenvalue weighted by molar-refractivity contribution is 0.0938. The molecule has 0 radical (unpaired) electrons. The molecule has 2 aromatic carbocycles.